The van der Waals surface area contributed by atoms with E-state index in [4.69, 9.17) is 9.26 Å². The summed E-state index contributed by atoms with van der Waals surface area (Å²) < 4.78 is 10.0. The van der Waals surface area contributed by atoms with Crippen molar-refractivity contribution in [3.05, 3.63) is 47.6 Å². The third kappa shape index (κ3) is 3.64. The molecule has 1 amide bonds. The second-order valence-corrected chi connectivity index (χ2v) is 4.40. The van der Waals surface area contributed by atoms with Gasteiger partial charge in [0.2, 0.25) is 0 Å². The molecule has 0 aliphatic rings. The van der Waals surface area contributed by atoms with Gasteiger partial charge in [0, 0.05) is 38.7 Å². The summed E-state index contributed by atoms with van der Waals surface area (Å²) in [5.74, 6) is 0.444. The average Bonchev–Trinajstić information content (AvgIpc) is 2.90. The van der Waals surface area contributed by atoms with Crippen molar-refractivity contribution in [1.82, 2.24) is 15.0 Å². The Morgan fingerprint density at radius 1 is 1.40 bits per heavy atom. The van der Waals surface area contributed by atoms with Crippen molar-refractivity contribution in [1.29, 1.82) is 0 Å². The van der Waals surface area contributed by atoms with Gasteiger partial charge in [0.1, 0.15) is 5.76 Å². The van der Waals surface area contributed by atoms with Gasteiger partial charge in [-0.2, -0.15) is 0 Å². The Morgan fingerprint density at radius 2 is 2.15 bits per heavy atom. The summed E-state index contributed by atoms with van der Waals surface area (Å²) in [4.78, 5) is 18.0. The molecule has 0 saturated heterocycles. The van der Waals surface area contributed by atoms with E-state index in [1.807, 2.05) is 12.1 Å². The summed E-state index contributed by atoms with van der Waals surface area (Å²) in [6.07, 6.45) is 3.41. The van der Waals surface area contributed by atoms with Gasteiger partial charge < -0.3 is 14.2 Å². The number of carbonyl (C=O) groups is 1. The third-order valence-corrected chi connectivity index (χ3v) is 2.82. The van der Waals surface area contributed by atoms with Gasteiger partial charge in [0.15, 0.2) is 5.69 Å². The second kappa shape index (κ2) is 6.81. The van der Waals surface area contributed by atoms with Gasteiger partial charge in [0.25, 0.3) is 5.91 Å². The molecule has 6 nitrogen and oxygen atoms in total. The monoisotopic (exact) mass is 275 g/mol. The van der Waals surface area contributed by atoms with Crippen molar-refractivity contribution in [2.24, 2.45) is 0 Å². The lowest BCUT2D eigenvalue weighted by atomic mass is 10.2. The van der Waals surface area contributed by atoms with Crippen LogP contribution < -0.4 is 0 Å². The van der Waals surface area contributed by atoms with Crippen molar-refractivity contribution >= 4 is 5.91 Å². The quantitative estimate of drug-likeness (QED) is 0.802. The number of pyridine rings is 1. The molecule has 0 fully saturated rings. The van der Waals surface area contributed by atoms with Crippen molar-refractivity contribution in [3.8, 4) is 0 Å². The lowest BCUT2D eigenvalue weighted by Crippen LogP contribution is -2.33. The number of hydrogen-bond donors (Lipinski definition) is 0. The average molecular weight is 275 g/mol. The Bertz CT molecular complexity index is 554. The first-order valence-corrected chi connectivity index (χ1v) is 6.31. The second-order valence-electron chi connectivity index (χ2n) is 4.40. The molecule has 0 aliphatic carbocycles. The third-order valence-electron chi connectivity index (χ3n) is 2.82. The Hall–Kier alpha value is -2.21. The zero-order valence-corrected chi connectivity index (χ0v) is 11.6. The van der Waals surface area contributed by atoms with Gasteiger partial charge >= 0.3 is 0 Å². The van der Waals surface area contributed by atoms with Crippen LogP contribution in [0.3, 0.4) is 0 Å². The zero-order chi connectivity index (χ0) is 14.4. The van der Waals surface area contributed by atoms with E-state index in [1.165, 1.54) is 0 Å². The molecule has 0 unspecified atom stereocenters. The standard InChI is InChI=1S/C14H17N3O3/c1-11-9-13(16-20-11)14(18)17(7-8-19-2)10-12-3-5-15-6-4-12/h3-6,9H,7-8,10H2,1-2H3. The van der Waals surface area contributed by atoms with Crippen LogP contribution in [0.5, 0.6) is 0 Å². The summed E-state index contributed by atoms with van der Waals surface area (Å²) in [7, 11) is 1.61. The van der Waals surface area contributed by atoms with Gasteiger partial charge in [-0.05, 0) is 24.6 Å². The molecule has 20 heavy (non-hydrogen) atoms. The van der Waals surface area contributed by atoms with Gasteiger partial charge in [-0.15, -0.1) is 0 Å². The molecular formula is C14H17N3O3. The molecule has 0 radical (unpaired) electrons. The van der Waals surface area contributed by atoms with E-state index >= 15 is 0 Å². The smallest absolute Gasteiger partial charge is 0.276 e. The normalized spacial score (nSPS) is 10.5. The molecule has 2 aromatic heterocycles. The van der Waals surface area contributed by atoms with Crippen LogP contribution in [0.25, 0.3) is 0 Å². The largest absolute Gasteiger partial charge is 0.383 e. The van der Waals surface area contributed by atoms with Crippen LogP contribution >= 0.6 is 0 Å². The number of amides is 1. The minimum Gasteiger partial charge on any atom is -0.383 e. The molecule has 0 saturated carbocycles. The number of ether oxygens (including phenoxy) is 1. The SMILES string of the molecule is COCCN(Cc1ccncc1)C(=O)c1cc(C)on1. The number of hydrogen-bond acceptors (Lipinski definition) is 5. The first kappa shape index (κ1) is 14.2. The first-order valence-electron chi connectivity index (χ1n) is 6.31. The maximum absolute atomic E-state index is 12.4. The predicted octanol–water partition coefficient (Wildman–Crippen LogP) is 1.67. The van der Waals surface area contributed by atoms with Crippen LogP contribution in [0.2, 0.25) is 0 Å². The fraction of sp³-hybridized carbons (Fsp3) is 0.357. The molecule has 0 spiro atoms. The molecule has 0 aliphatic heterocycles. The van der Waals surface area contributed by atoms with Crippen LogP contribution in [0, 0.1) is 6.92 Å². The van der Waals surface area contributed by atoms with Crippen molar-refractivity contribution in [2.75, 3.05) is 20.3 Å². The summed E-state index contributed by atoms with van der Waals surface area (Å²) in [5.41, 5.74) is 1.32. The molecule has 2 heterocycles. The number of rotatable bonds is 6. The highest BCUT2D eigenvalue weighted by Gasteiger charge is 2.19. The maximum atomic E-state index is 12.4. The van der Waals surface area contributed by atoms with Crippen molar-refractivity contribution in [2.45, 2.75) is 13.5 Å². The zero-order valence-electron chi connectivity index (χ0n) is 11.6. The fourth-order valence-corrected chi connectivity index (χ4v) is 1.79. The topological polar surface area (TPSA) is 68.5 Å². The van der Waals surface area contributed by atoms with Crippen LogP contribution in [0.15, 0.2) is 35.1 Å². The molecular weight excluding hydrogens is 258 g/mol. The Kier molecular flexibility index (Phi) is 4.84. The molecule has 0 N–H and O–H groups in total. The highest BCUT2D eigenvalue weighted by Crippen LogP contribution is 2.10. The Balaban J connectivity index is 2.12. The summed E-state index contributed by atoms with van der Waals surface area (Å²) in [5, 5.41) is 3.77. The fourth-order valence-electron chi connectivity index (χ4n) is 1.79. The van der Waals surface area contributed by atoms with E-state index < -0.39 is 0 Å². The molecule has 0 aromatic carbocycles. The molecule has 0 atom stereocenters. The van der Waals surface area contributed by atoms with Crippen molar-refractivity contribution in [3.63, 3.8) is 0 Å². The highest BCUT2D eigenvalue weighted by molar-refractivity contribution is 5.92. The number of aryl methyl sites for hydroxylation is 1. The van der Waals surface area contributed by atoms with E-state index in [9.17, 15) is 4.79 Å². The lowest BCUT2D eigenvalue weighted by molar-refractivity contribution is 0.0670. The molecule has 6 heteroatoms. The van der Waals surface area contributed by atoms with Crippen molar-refractivity contribution < 1.29 is 14.1 Å². The maximum Gasteiger partial charge on any atom is 0.276 e. The summed E-state index contributed by atoms with van der Waals surface area (Å²) in [6.45, 7) is 3.19. The van der Waals surface area contributed by atoms with Crippen LogP contribution in [0.4, 0.5) is 0 Å². The highest BCUT2D eigenvalue weighted by atomic mass is 16.5. The molecule has 2 rings (SSSR count). The minimum absolute atomic E-state index is 0.171. The predicted molar refractivity (Wildman–Crippen MR) is 72.1 cm³/mol. The van der Waals surface area contributed by atoms with Gasteiger partial charge in [0.05, 0.1) is 6.61 Å². The van der Waals surface area contributed by atoms with E-state index in [0.29, 0.717) is 31.2 Å². The van der Waals surface area contributed by atoms with E-state index in [0.717, 1.165) is 5.56 Å². The molecule has 2 aromatic rings. The minimum atomic E-state index is -0.171. The van der Waals surface area contributed by atoms with Gasteiger partial charge in [-0.25, -0.2) is 0 Å². The van der Waals surface area contributed by atoms with Gasteiger partial charge in [-0.1, -0.05) is 5.16 Å². The number of methoxy groups -OCH3 is 1. The Morgan fingerprint density at radius 3 is 2.75 bits per heavy atom. The summed E-state index contributed by atoms with van der Waals surface area (Å²) in [6, 6.07) is 5.39. The van der Waals surface area contributed by atoms with E-state index in [2.05, 4.69) is 10.1 Å². The molecule has 0 bridgehead atoms. The van der Waals surface area contributed by atoms with Gasteiger partial charge in [-0.3, -0.25) is 9.78 Å². The number of nitrogens with zero attached hydrogens (tertiary/aromatic N) is 3. The van der Waals surface area contributed by atoms with Crippen LogP contribution in [0.1, 0.15) is 21.8 Å². The Labute approximate surface area is 117 Å². The lowest BCUT2D eigenvalue weighted by Gasteiger charge is -2.21. The molecule has 106 valence electrons. The van der Waals surface area contributed by atoms with E-state index in [1.54, 1.807) is 37.4 Å². The van der Waals surface area contributed by atoms with Crippen LogP contribution in [-0.2, 0) is 11.3 Å². The van der Waals surface area contributed by atoms with E-state index in [-0.39, 0.29) is 5.91 Å². The van der Waals surface area contributed by atoms with Crippen LogP contribution in [-0.4, -0.2) is 41.2 Å². The summed E-state index contributed by atoms with van der Waals surface area (Å²) >= 11 is 0. The first-order chi connectivity index (χ1) is 9.70. The number of carbonyl (C=O) groups excluding carboxylic acids is 1. The number of aromatic nitrogens is 2.